The second kappa shape index (κ2) is 21.2. The summed E-state index contributed by atoms with van der Waals surface area (Å²) in [5, 5.41) is 63.4. The van der Waals surface area contributed by atoms with E-state index in [1.165, 1.54) is 35.5 Å². The number of carbonyl (C=O) groups is 4. The maximum Gasteiger partial charge on any atom is 0.335 e. The zero-order chi connectivity index (χ0) is 43.2. The minimum absolute atomic E-state index is 0.636. The van der Waals surface area contributed by atoms with Crippen molar-refractivity contribution in [3.63, 3.8) is 0 Å². The van der Waals surface area contributed by atoms with Gasteiger partial charge in [0.2, 0.25) is 0 Å². The first-order chi connectivity index (χ1) is 27.5. The highest BCUT2D eigenvalue weighted by Crippen LogP contribution is 2.38. The van der Waals surface area contributed by atoms with Gasteiger partial charge in [-0.3, -0.25) is 9.59 Å². The number of hydrogen-bond acceptors (Lipinski definition) is 22. The first-order valence-corrected chi connectivity index (χ1v) is 18.1. The Morgan fingerprint density at radius 1 is 0.517 bits per heavy atom. The number of carbonyl (C=O) groups excluding carboxylic acids is 2. The Morgan fingerprint density at radius 2 is 1.03 bits per heavy atom. The van der Waals surface area contributed by atoms with Crippen molar-refractivity contribution in [3.05, 3.63) is 0 Å². The second-order valence-electron chi connectivity index (χ2n) is 13.8. The molecule has 24 nitrogen and oxygen atoms in total. The van der Waals surface area contributed by atoms with E-state index in [1.54, 1.807) is 6.92 Å². The van der Waals surface area contributed by atoms with Crippen LogP contribution in [0.1, 0.15) is 20.8 Å². The molecule has 4 fully saturated rings. The van der Waals surface area contributed by atoms with Crippen molar-refractivity contribution in [3.8, 4) is 0 Å². The van der Waals surface area contributed by atoms with Crippen LogP contribution in [0.2, 0.25) is 0 Å². The average molecular weight is 847 g/mol. The minimum atomic E-state index is -2.02. The summed E-state index contributed by atoms with van der Waals surface area (Å²) in [7, 11) is 6.16. The Bertz CT molecular complexity index is 1370. The van der Waals surface area contributed by atoms with Crippen molar-refractivity contribution >= 4 is 23.9 Å². The van der Waals surface area contributed by atoms with Crippen molar-refractivity contribution < 1.29 is 116 Å². The molecule has 0 aromatic carbocycles. The number of hydrogen-bond donors (Lipinski definition) is 6. The smallest absolute Gasteiger partial charge is 0.335 e. The van der Waals surface area contributed by atoms with Crippen LogP contribution in [0.4, 0.5) is 0 Å². The molecule has 0 saturated carbocycles. The van der Waals surface area contributed by atoms with E-state index in [4.69, 9.17) is 66.3 Å². The Morgan fingerprint density at radius 3 is 1.53 bits per heavy atom. The van der Waals surface area contributed by atoms with E-state index in [1.807, 2.05) is 0 Å². The number of aliphatic hydroxyl groups is 4. The molecule has 0 amide bonds. The summed E-state index contributed by atoms with van der Waals surface area (Å²) < 4.78 is 79.3. The fraction of sp³-hybridized carbons (Fsp3) is 0.882. The summed E-state index contributed by atoms with van der Waals surface area (Å²) in [5.41, 5.74) is 0. The van der Waals surface area contributed by atoms with Crippen LogP contribution in [0, 0.1) is 5.92 Å². The SMILES string of the molecule is COC1C(OC)[C@H](O[C@H]2O[C@H](COC(C)=O)[C@@H](O[C@@H]3OC(C(=O)O)[C@H](C)[C@H](OC)C3OC)C(OC(C)=O)C2O)[C@H](C(=O)O)O[C@@H]1O[C@H]1C(CO)O[C@@H](OC)C(O)[C@H]1O. The predicted molar refractivity (Wildman–Crippen MR) is 181 cm³/mol. The van der Waals surface area contributed by atoms with Gasteiger partial charge >= 0.3 is 23.9 Å². The molecule has 0 aromatic heterocycles. The van der Waals surface area contributed by atoms with Crippen LogP contribution in [-0.2, 0) is 85.5 Å². The van der Waals surface area contributed by atoms with Crippen molar-refractivity contribution in [2.45, 2.75) is 137 Å². The van der Waals surface area contributed by atoms with E-state index in [2.05, 4.69) is 0 Å². The molecule has 20 atom stereocenters. The van der Waals surface area contributed by atoms with Crippen LogP contribution in [0.3, 0.4) is 0 Å². The van der Waals surface area contributed by atoms with Crippen molar-refractivity contribution in [1.29, 1.82) is 0 Å². The molecule has 4 aliphatic rings. The van der Waals surface area contributed by atoms with Gasteiger partial charge in [0.15, 0.2) is 43.5 Å². The summed E-state index contributed by atoms with van der Waals surface area (Å²) in [6.45, 7) is 2.29. The maximum atomic E-state index is 12.8. The lowest BCUT2D eigenvalue weighted by Gasteiger charge is -2.50. The third-order valence-corrected chi connectivity index (χ3v) is 10.2. The van der Waals surface area contributed by atoms with Crippen molar-refractivity contribution in [1.82, 2.24) is 0 Å². The second-order valence-corrected chi connectivity index (χ2v) is 13.8. The fourth-order valence-electron chi connectivity index (χ4n) is 7.45. The quantitative estimate of drug-likeness (QED) is 0.0763. The number of aliphatic hydroxyl groups excluding tert-OH is 4. The molecular formula is C34H54O24. The number of esters is 2. The number of carboxylic acids is 2. The molecule has 58 heavy (non-hydrogen) atoms. The van der Waals surface area contributed by atoms with E-state index < -0.39 is 160 Å². The summed E-state index contributed by atoms with van der Waals surface area (Å²) in [6.07, 6.45) is -29.7. The van der Waals surface area contributed by atoms with Crippen LogP contribution in [-0.4, -0.2) is 220 Å². The van der Waals surface area contributed by atoms with Gasteiger partial charge in [-0.25, -0.2) is 9.59 Å². The zero-order valence-corrected chi connectivity index (χ0v) is 33.0. The first kappa shape index (κ1) is 47.9. The lowest BCUT2D eigenvalue weighted by molar-refractivity contribution is -0.385. The van der Waals surface area contributed by atoms with Crippen LogP contribution in [0.25, 0.3) is 0 Å². The molecule has 8 unspecified atom stereocenters. The van der Waals surface area contributed by atoms with Gasteiger partial charge in [-0.2, -0.15) is 0 Å². The molecule has 0 radical (unpaired) electrons. The highest BCUT2D eigenvalue weighted by molar-refractivity contribution is 5.73. The Labute approximate surface area is 332 Å². The van der Waals surface area contributed by atoms with E-state index in [0.29, 0.717) is 0 Å². The lowest BCUT2D eigenvalue weighted by atomic mass is 9.90. The normalized spacial score (nSPS) is 43.3. The van der Waals surface area contributed by atoms with Crippen LogP contribution >= 0.6 is 0 Å². The molecule has 0 bridgehead atoms. The van der Waals surface area contributed by atoms with E-state index >= 15 is 0 Å². The molecule has 0 aliphatic carbocycles. The topological polar surface area (TPSA) is 319 Å². The maximum absolute atomic E-state index is 12.8. The molecule has 4 aliphatic heterocycles. The average Bonchev–Trinajstić information content (AvgIpc) is 3.18. The third kappa shape index (κ3) is 10.4. The molecule has 4 heterocycles. The standard InChI is InChI=1S/C34H54O24/c1-11-19(45-4)27(47-6)33(54-20(11)29(41)42)56-22-15(10-50-12(2)36)53-32(18(40)23(22)51-13(3)37)57-25-24(46-5)28(48-7)34(58-26(25)30(43)44)55-21-14(9-35)52-31(49-8)17(39)16(21)38/h11,14-28,31-35,38-40H,9-10H2,1-8H3,(H,41,42)(H,43,44)/t11-,14?,15-,16-,17?,18?,19+,20?,21+,22-,23?,24?,25+,26-,27?,28?,31-,32-,33+,34+/m1/s1. The minimum Gasteiger partial charge on any atom is -0.479 e. The van der Waals surface area contributed by atoms with Gasteiger partial charge in [0.25, 0.3) is 0 Å². The van der Waals surface area contributed by atoms with E-state index in [-0.39, 0.29) is 0 Å². The molecule has 24 heteroatoms. The van der Waals surface area contributed by atoms with Gasteiger partial charge in [0, 0.05) is 55.3 Å². The monoisotopic (exact) mass is 846 g/mol. The van der Waals surface area contributed by atoms with Gasteiger partial charge in [-0.05, 0) is 0 Å². The van der Waals surface area contributed by atoms with Gasteiger partial charge in [0.1, 0.15) is 73.8 Å². The van der Waals surface area contributed by atoms with Gasteiger partial charge in [-0.15, -0.1) is 0 Å². The van der Waals surface area contributed by atoms with Crippen molar-refractivity contribution in [2.75, 3.05) is 48.8 Å². The predicted octanol–water partition coefficient (Wildman–Crippen LogP) is -3.88. The van der Waals surface area contributed by atoms with Crippen LogP contribution in [0.5, 0.6) is 0 Å². The highest BCUT2D eigenvalue weighted by atomic mass is 16.8. The Kier molecular flexibility index (Phi) is 17.5. The summed E-state index contributed by atoms with van der Waals surface area (Å²) in [6, 6.07) is 0. The number of methoxy groups -OCH3 is 5. The Balaban J connectivity index is 1.67. The summed E-state index contributed by atoms with van der Waals surface area (Å²) in [5.74, 6) is -5.49. The molecule has 334 valence electrons. The highest BCUT2D eigenvalue weighted by Gasteiger charge is 2.58. The van der Waals surface area contributed by atoms with Crippen LogP contribution < -0.4 is 0 Å². The van der Waals surface area contributed by atoms with Crippen LogP contribution in [0.15, 0.2) is 0 Å². The lowest BCUT2D eigenvalue weighted by Crippen LogP contribution is -2.68. The molecule has 4 saturated heterocycles. The van der Waals surface area contributed by atoms with Crippen molar-refractivity contribution in [2.24, 2.45) is 5.92 Å². The van der Waals surface area contributed by atoms with E-state index in [9.17, 15) is 49.8 Å². The first-order valence-electron chi connectivity index (χ1n) is 18.1. The number of carboxylic acid groups (broad SMARTS) is 2. The largest absolute Gasteiger partial charge is 0.479 e. The van der Waals surface area contributed by atoms with Gasteiger partial charge < -0.3 is 97.0 Å². The number of rotatable bonds is 17. The third-order valence-electron chi connectivity index (χ3n) is 10.2. The van der Waals surface area contributed by atoms with Gasteiger partial charge in [-0.1, -0.05) is 6.92 Å². The molecule has 0 spiro atoms. The summed E-state index contributed by atoms with van der Waals surface area (Å²) in [4.78, 5) is 49.4. The number of ether oxygens (including phenoxy) is 14. The molecule has 6 N–H and O–H groups in total. The fourth-order valence-corrected chi connectivity index (χ4v) is 7.45. The molecule has 4 rings (SSSR count). The number of aliphatic carboxylic acids is 2. The Hall–Kier alpha value is -2.76. The summed E-state index contributed by atoms with van der Waals surface area (Å²) >= 11 is 0. The van der Waals surface area contributed by atoms with Gasteiger partial charge in [0.05, 0.1) is 12.7 Å². The molecule has 0 aromatic rings. The molecular weight excluding hydrogens is 792 g/mol. The van der Waals surface area contributed by atoms with E-state index in [0.717, 1.165) is 13.8 Å². The zero-order valence-electron chi connectivity index (χ0n) is 33.0.